The van der Waals surface area contributed by atoms with E-state index in [-0.39, 0.29) is 11.7 Å². The second kappa shape index (κ2) is 6.41. The van der Waals surface area contributed by atoms with Crippen LogP contribution in [0.1, 0.15) is 33.6 Å². The summed E-state index contributed by atoms with van der Waals surface area (Å²) in [5, 5.41) is 9.05. The van der Waals surface area contributed by atoms with Crippen LogP contribution in [0.25, 0.3) is 0 Å². The summed E-state index contributed by atoms with van der Waals surface area (Å²) in [4.78, 5) is 11.6. The van der Waals surface area contributed by atoms with Crippen LogP contribution in [-0.2, 0) is 14.3 Å². The molecule has 1 aliphatic rings. The van der Waals surface area contributed by atoms with Gasteiger partial charge in [0, 0.05) is 0 Å². The molecule has 0 saturated carbocycles. The van der Waals surface area contributed by atoms with Gasteiger partial charge in [-0.2, -0.15) is 5.26 Å². The van der Waals surface area contributed by atoms with Gasteiger partial charge in [0.05, 0.1) is 19.3 Å². The molecule has 0 aromatic heterocycles. The fourth-order valence-corrected chi connectivity index (χ4v) is 1.86. The van der Waals surface area contributed by atoms with Crippen LogP contribution >= 0.6 is 0 Å². The number of esters is 1. The maximum atomic E-state index is 11.6. The quantitative estimate of drug-likeness (QED) is 0.429. The van der Waals surface area contributed by atoms with Crippen LogP contribution in [0.5, 0.6) is 0 Å². The van der Waals surface area contributed by atoms with Gasteiger partial charge in [-0.15, -0.1) is 0 Å². The Kier molecular flexibility index (Phi) is 5.17. The Morgan fingerprint density at radius 1 is 1.65 bits per heavy atom. The molecule has 1 aliphatic heterocycles. The third-order valence-corrected chi connectivity index (χ3v) is 2.87. The van der Waals surface area contributed by atoms with Gasteiger partial charge in [-0.3, -0.25) is 0 Å². The molecule has 94 valence electrons. The van der Waals surface area contributed by atoms with Gasteiger partial charge < -0.3 is 9.47 Å². The lowest BCUT2D eigenvalue weighted by Crippen LogP contribution is -2.27. The highest BCUT2D eigenvalue weighted by Gasteiger charge is 2.25. The molecule has 4 heteroatoms. The molecule has 0 aromatic carbocycles. The van der Waals surface area contributed by atoms with E-state index >= 15 is 0 Å². The van der Waals surface area contributed by atoms with Crippen LogP contribution in [0.15, 0.2) is 11.1 Å². The average molecular weight is 237 g/mol. The summed E-state index contributed by atoms with van der Waals surface area (Å²) in [6.07, 6.45) is 1.39. The Labute approximate surface area is 102 Å². The van der Waals surface area contributed by atoms with E-state index in [1.165, 1.54) is 0 Å². The molecule has 1 heterocycles. The van der Waals surface area contributed by atoms with Gasteiger partial charge in [0.15, 0.2) is 0 Å². The van der Waals surface area contributed by atoms with E-state index in [2.05, 4.69) is 13.8 Å². The molecule has 0 spiro atoms. The largest absolute Gasteiger partial charge is 0.462 e. The van der Waals surface area contributed by atoms with Crippen LogP contribution in [0, 0.1) is 17.2 Å². The van der Waals surface area contributed by atoms with E-state index < -0.39 is 5.97 Å². The van der Waals surface area contributed by atoms with Gasteiger partial charge >= 0.3 is 5.97 Å². The minimum Gasteiger partial charge on any atom is -0.462 e. The number of nitrogens with zero attached hydrogens (tertiary/aromatic N) is 1. The standard InChI is InChI=1S/C13H19NO3/c1-4-16-13(15)11(8-14)10-5-6-17-12(7-10)9(2)3/h9,12H,4-7H2,1-3H3. The molecule has 0 N–H and O–H groups in total. The maximum absolute atomic E-state index is 11.6. The number of hydrogen-bond acceptors (Lipinski definition) is 4. The zero-order valence-corrected chi connectivity index (χ0v) is 10.7. The number of carbonyl (C=O) groups excluding carboxylic acids is 1. The molecule has 17 heavy (non-hydrogen) atoms. The summed E-state index contributed by atoms with van der Waals surface area (Å²) >= 11 is 0. The molecule has 0 radical (unpaired) electrons. The van der Waals surface area contributed by atoms with Crippen molar-refractivity contribution in [1.29, 1.82) is 5.26 Å². The van der Waals surface area contributed by atoms with Crippen LogP contribution in [0.3, 0.4) is 0 Å². The van der Waals surface area contributed by atoms with Gasteiger partial charge in [-0.05, 0) is 31.3 Å². The predicted octanol–water partition coefficient (Wildman–Crippen LogP) is 2.20. The molecule has 0 amide bonds. The van der Waals surface area contributed by atoms with E-state index in [0.29, 0.717) is 32.0 Å². The van der Waals surface area contributed by atoms with Crippen molar-refractivity contribution >= 4 is 5.97 Å². The molecular formula is C13H19NO3. The number of nitriles is 1. The van der Waals surface area contributed by atoms with Crippen LogP contribution in [-0.4, -0.2) is 25.3 Å². The van der Waals surface area contributed by atoms with Gasteiger partial charge in [0.1, 0.15) is 11.6 Å². The molecule has 0 bridgehead atoms. The summed E-state index contributed by atoms with van der Waals surface area (Å²) in [6, 6.07) is 1.97. The Morgan fingerprint density at radius 3 is 2.88 bits per heavy atom. The molecule has 1 saturated heterocycles. The third-order valence-electron chi connectivity index (χ3n) is 2.87. The second-order valence-electron chi connectivity index (χ2n) is 4.42. The highest BCUT2D eigenvalue weighted by molar-refractivity contribution is 5.93. The SMILES string of the molecule is CCOC(=O)C(C#N)=C1CCOC(C(C)C)C1. The zero-order valence-electron chi connectivity index (χ0n) is 10.7. The first-order valence-electron chi connectivity index (χ1n) is 6.01. The van der Waals surface area contributed by atoms with E-state index in [1.54, 1.807) is 6.92 Å². The van der Waals surface area contributed by atoms with E-state index in [0.717, 1.165) is 5.57 Å². The topological polar surface area (TPSA) is 59.3 Å². The summed E-state index contributed by atoms with van der Waals surface area (Å²) in [5.74, 6) is -0.123. The third kappa shape index (κ3) is 3.57. The average Bonchev–Trinajstić information content (AvgIpc) is 2.30. The Hall–Kier alpha value is -1.34. The van der Waals surface area contributed by atoms with Crippen molar-refractivity contribution in [2.24, 2.45) is 5.92 Å². The molecule has 4 nitrogen and oxygen atoms in total. The first kappa shape index (κ1) is 13.7. The summed E-state index contributed by atoms with van der Waals surface area (Å²) in [6.45, 7) is 6.75. The first-order valence-corrected chi connectivity index (χ1v) is 6.01. The smallest absolute Gasteiger partial charge is 0.348 e. The maximum Gasteiger partial charge on any atom is 0.348 e. The molecule has 0 aliphatic carbocycles. The number of rotatable bonds is 3. The molecule has 1 atom stereocenters. The lowest BCUT2D eigenvalue weighted by molar-refractivity contribution is -0.138. The molecule has 1 rings (SSSR count). The first-order chi connectivity index (χ1) is 8.10. The van der Waals surface area contributed by atoms with Gasteiger partial charge in [-0.25, -0.2) is 4.79 Å². The highest BCUT2D eigenvalue weighted by atomic mass is 16.5. The number of carbonyl (C=O) groups is 1. The van der Waals surface area contributed by atoms with Crippen molar-refractivity contribution in [3.05, 3.63) is 11.1 Å². The molecule has 1 fully saturated rings. The Bertz CT molecular complexity index is 352. The van der Waals surface area contributed by atoms with Gasteiger partial charge in [0.2, 0.25) is 0 Å². The van der Waals surface area contributed by atoms with E-state index in [1.807, 2.05) is 6.07 Å². The minimum absolute atomic E-state index is 0.0940. The summed E-state index contributed by atoms with van der Waals surface area (Å²) in [7, 11) is 0. The van der Waals surface area contributed by atoms with Crippen LogP contribution in [0.2, 0.25) is 0 Å². The van der Waals surface area contributed by atoms with Crippen molar-refractivity contribution in [3.63, 3.8) is 0 Å². The fourth-order valence-electron chi connectivity index (χ4n) is 1.86. The molecule has 0 aromatic rings. The van der Waals surface area contributed by atoms with E-state index in [4.69, 9.17) is 14.7 Å². The van der Waals surface area contributed by atoms with Crippen molar-refractivity contribution in [3.8, 4) is 6.07 Å². The monoisotopic (exact) mass is 237 g/mol. The van der Waals surface area contributed by atoms with Crippen molar-refractivity contribution in [2.75, 3.05) is 13.2 Å². The molecular weight excluding hydrogens is 218 g/mol. The highest BCUT2D eigenvalue weighted by Crippen LogP contribution is 2.27. The van der Waals surface area contributed by atoms with Gasteiger partial charge in [0.25, 0.3) is 0 Å². The number of hydrogen-bond donors (Lipinski definition) is 0. The normalized spacial score (nSPS) is 23.1. The van der Waals surface area contributed by atoms with Crippen molar-refractivity contribution in [2.45, 2.75) is 39.7 Å². The van der Waals surface area contributed by atoms with Crippen molar-refractivity contribution in [1.82, 2.24) is 0 Å². The second-order valence-corrected chi connectivity index (χ2v) is 4.42. The summed E-state index contributed by atoms with van der Waals surface area (Å²) < 4.78 is 10.5. The van der Waals surface area contributed by atoms with E-state index in [9.17, 15) is 4.79 Å². The molecule has 1 unspecified atom stereocenters. The lowest BCUT2D eigenvalue weighted by atomic mass is 9.92. The Balaban J connectivity index is 2.86. The summed E-state index contributed by atoms with van der Waals surface area (Å²) in [5.41, 5.74) is 1.04. The lowest BCUT2D eigenvalue weighted by Gasteiger charge is -2.28. The van der Waals surface area contributed by atoms with Crippen LogP contribution in [0.4, 0.5) is 0 Å². The predicted molar refractivity (Wildman–Crippen MR) is 63.1 cm³/mol. The zero-order chi connectivity index (χ0) is 12.8. The fraction of sp³-hybridized carbons (Fsp3) is 0.692. The Morgan fingerprint density at radius 2 is 2.35 bits per heavy atom. The van der Waals surface area contributed by atoms with Crippen LogP contribution < -0.4 is 0 Å². The minimum atomic E-state index is -0.505. The number of ether oxygens (including phenoxy) is 2. The van der Waals surface area contributed by atoms with Crippen molar-refractivity contribution < 1.29 is 14.3 Å². The van der Waals surface area contributed by atoms with Gasteiger partial charge in [-0.1, -0.05) is 13.8 Å².